The molecular formula is C24H25N3O4. The molecule has 0 N–H and O–H groups in total. The van der Waals surface area contributed by atoms with Gasteiger partial charge in [-0.3, -0.25) is 19.5 Å². The van der Waals surface area contributed by atoms with E-state index >= 15 is 0 Å². The monoisotopic (exact) mass is 419 g/mol. The number of nitrogens with zero attached hydrogens (tertiary/aromatic N) is 3. The topological polar surface area (TPSA) is 87.3 Å². The number of benzene rings is 2. The van der Waals surface area contributed by atoms with Gasteiger partial charge in [0, 0.05) is 18.7 Å². The fraction of sp³-hybridized carbons (Fsp3) is 0.333. The largest absolute Gasteiger partial charge is 0.494 e. The number of rotatable bonds is 8. The normalized spacial score (nSPS) is 14.2. The van der Waals surface area contributed by atoms with E-state index in [1.54, 1.807) is 4.57 Å². The summed E-state index contributed by atoms with van der Waals surface area (Å²) in [5.41, 5.74) is 2.12. The van der Waals surface area contributed by atoms with Gasteiger partial charge in [0.2, 0.25) is 0 Å². The first kappa shape index (κ1) is 20.8. The molecule has 160 valence electrons. The standard InChI is InChI=1S/C24H25N3O4/c1-2-3-4-5-14-31-20-9-6-17(7-10-20)15-18-12-13-26-23(18)25-22-11-8-19(27(29)30)16-21(22)24(26)28/h6-11,15-16H,2-5,12-14H2,1H3/b18-15+. The number of aromatic nitrogens is 2. The van der Waals surface area contributed by atoms with Crippen molar-refractivity contribution in [2.75, 3.05) is 6.61 Å². The van der Waals surface area contributed by atoms with Crippen LogP contribution in [0.5, 0.6) is 5.75 Å². The zero-order valence-electron chi connectivity index (χ0n) is 17.5. The summed E-state index contributed by atoms with van der Waals surface area (Å²) in [6, 6.07) is 12.1. The smallest absolute Gasteiger partial charge is 0.270 e. The lowest BCUT2D eigenvalue weighted by molar-refractivity contribution is -0.384. The Morgan fingerprint density at radius 3 is 2.71 bits per heavy atom. The molecule has 1 aliphatic heterocycles. The number of hydrogen-bond donors (Lipinski definition) is 0. The molecule has 0 saturated carbocycles. The first-order chi connectivity index (χ1) is 15.1. The number of non-ortho nitro benzene ring substituents is 1. The molecule has 2 aromatic carbocycles. The second kappa shape index (κ2) is 9.12. The third-order valence-corrected chi connectivity index (χ3v) is 5.53. The van der Waals surface area contributed by atoms with Crippen LogP contribution in [0.4, 0.5) is 5.69 Å². The molecule has 2 heterocycles. The summed E-state index contributed by atoms with van der Waals surface area (Å²) in [6.07, 6.45) is 7.43. The van der Waals surface area contributed by atoms with E-state index in [4.69, 9.17) is 4.74 Å². The highest BCUT2D eigenvalue weighted by molar-refractivity contribution is 5.85. The number of ether oxygens (including phenoxy) is 1. The van der Waals surface area contributed by atoms with E-state index < -0.39 is 4.92 Å². The second-order valence-corrected chi connectivity index (χ2v) is 7.75. The minimum atomic E-state index is -0.499. The van der Waals surface area contributed by atoms with Gasteiger partial charge in [0.05, 0.1) is 22.4 Å². The first-order valence-corrected chi connectivity index (χ1v) is 10.7. The third-order valence-electron chi connectivity index (χ3n) is 5.53. The van der Waals surface area contributed by atoms with E-state index in [0.717, 1.165) is 29.9 Å². The van der Waals surface area contributed by atoms with Gasteiger partial charge in [-0.1, -0.05) is 38.3 Å². The summed E-state index contributed by atoms with van der Waals surface area (Å²) >= 11 is 0. The van der Waals surface area contributed by atoms with Crippen molar-refractivity contribution >= 4 is 28.2 Å². The van der Waals surface area contributed by atoms with E-state index in [0.29, 0.717) is 24.3 Å². The summed E-state index contributed by atoms with van der Waals surface area (Å²) in [4.78, 5) is 28.0. The molecule has 0 spiro atoms. The van der Waals surface area contributed by atoms with Crippen LogP contribution in [0.2, 0.25) is 0 Å². The Labute approximate surface area is 180 Å². The molecule has 0 radical (unpaired) electrons. The Balaban J connectivity index is 1.55. The molecule has 0 fully saturated rings. The van der Waals surface area contributed by atoms with Crippen LogP contribution in [-0.2, 0) is 6.54 Å². The van der Waals surface area contributed by atoms with E-state index in [2.05, 4.69) is 11.9 Å². The maximum Gasteiger partial charge on any atom is 0.270 e. The highest BCUT2D eigenvalue weighted by atomic mass is 16.6. The fourth-order valence-electron chi connectivity index (χ4n) is 3.84. The van der Waals surface area contributed by atoms with Crippen molar-refractivity contribution in [1.82, 2.24) is 9.55 Å². The third kappa shape index (κ3) is 4.50. The molecule has 0 saturated heterocycles. The maximum absolute atomic E-state index is 12.9. The molecule has 0 atom stereocenters. The zero-order valence-corrected chi connectivity index (χ0v) is 17.5. The Bertz CT molecular complexity index is 1200. The first-order valence-electron chi connectivity index (χ1n) is 10.7. The molecule has 7 heteroatoms. The molecule has 1 aliphatic rings. The van der Waals surface area contributed by atoms with Crippen LogP contribution in [0, 0.1) is 10.1 Å². The Hall–Kier alpha value is -3.48. The molecule has 0 unspecified atom stereocenters. The average molecular weight is 419 g/mol. The fourth-order valence-corrected chi connectivity index (χ4v) is 3.84. The van der Waals surface area contributed by atoms with Crippen LogP contribution in [0.15, 0.2) is 47.3 Å². The van der Waals surface area contributed by atoms with E-state index in [9.17, 15) is 14.9 Å². The van der Waals surface area contributed by atoms with Crippen molar-refractivity contribution in [2.45, 2.75) is 45.6 Å². The zero-order chi connectivity index (χ0) is 21.8. The predicted molar refractivity (Wildman–Crippen MR) is 121 cm³/mol. The van der Waals surface area contributed by atoms with Crippen molar-refractivity contribution < 1.29 is 9.66 Å². The summed E-state index contributed by atoms with van der Waals surface area (Å²) in [7, 11) is 0. The SMILES string of the molecule is CCCCCCOc1ccc(/C=C2\CCn3c2nc2ccc([N+](=O)[O-])cc2c3=O)cc1. The molecule has 31 heavy (non-hydrogen) atoms. The van der Waals surface area contributed by atoms with Gasteiger partial charge in [-0.25, -0.2) is 4.98 Å². The number of fused-ring (bicyclic) bond motifs is 2. The average Bonchev–Trinajstić information content (AvgIpc) is 3.17. The van der Waals surface area contributed by atoms with Crippen LogP contribution in [0.1, 0.15) is 50.4 Å². The summed E-state index contributed by atoms with van der Waals surface area (Å²) in [6.45, 7) is 3.44. The Kier molecular flexibility index (Phi) is 6.11. The molecular weight excluding hydrogens is 394 g/mol. The van der Waals surface area contributed by atoms with Crippen molar-refractivity contribution in [3.63, 3.8) is 0 Å². The molecule has 0 aliphatic carbocycles. The van der Waals surface area contributed by atoms with Crippen LogP contribution in [0.3, 0.4) is 0 Å². The van der Waals surface area contributed by atoms with Crippen LogP contribution in [-0.4, -0.2) is 21.1 Å². The van der Waals surface area contributed by atoms with Crippen LogP contribution >= 0.6 is 0 Å². The van der Waals surface area contributed by atoms with Crippen molar-refractivity contribution in [2.24, 2.45) is 0 Å². The van der Waals surface area contributed by atoms with E-state index in [1.165, 1.54) is 37.5 Å². The number of nitro groups is 1. The van der Waals surface area contributed by atoms with Crippen molar-refractivity contribution in [3.05, 3.63) is 74.3 Å². The molecule has 7 nitrogen and oxygen atoms in total. The second-order valence-electron chi connectivity index (χ2n) is 7.75. The number of nitro benzene ring substituents is 1. The van der Waals surface area contributed by atoms with E-state index in [1.807, 2.05) is 30.3 Å². The van der Waals surface area contributed by atoms with E-state index in [-0.39, 0.29) is 16.6 Å². The van der Waals surface area contributed by atoms with Gasteiger partial charge < -0.3 is 4.74 Å². The van der Waals surface area contributed by atoms with Gasteiger partial charge in [0.15, 0.2) is 0 Å². The summed E-state index contributed by atoms with van der Waals surface area (Å²) in [5, 5.41) is 11.3. The predicted octanol–water partition coefficient (Wildman–Crippen LogP) is 5.21. The Morgan fingerprint density at radius 1 is 1.16 bits per heavy atom. The molecule has 4 rings (SSSR count). The Morgan fingerprint density at radius 2 is 1.97 bits per heavy atom. The van der Waals surface area contributed by atoms with Gasteiger partial charge in [-0.05, 0) is 48.3 Å². The van der Waals surface area contributed by atoms with Gasteiger partial charge in [0.1, 0.15) is 11.6 Å². The highest BCUT2D eigenvalue weighted by Crippen LogP contribution is 2.28. The van der Waals surface area contributed by atoms with Crippen LogP contribution in [0.25, 0.3) is 22.6 Å². The van der Waals surface area contributed by atoms with Crippen molar-refractivity contribution in [3.8, 4) is 5.75 Å². The quantitative estimate of drug-likeness (QED) is 0.284. The molecule has 1 aromatic heterocycles. The van der Waals surface area contributed by atoms with Gasteiger partial charge >= 0.3 is 0 Å². The minimum absolute atomic E-state index is 0.103. The maximum atomic E-state index is 12.9. The molecule has 0 amide bonds. The van der Waals surface area contributed by atoms with Gasteiger partial charge in [-0.2, -0.15) is 0 Å². The number of hydrogen-bond acceptors (Lipinski definition) is 5. The lowest BCUT2D eigenvalue weighted by Crippen LogP contribution is -2.20. The number of unbranched alkanes of at least 4 members (excludes halogenated alkanes) is 3. The molecule has 3 aromatic rings. The minimum Gasteiger partial charge on any atom is -0.494 e. The lowest BCUT2D eigenvalue weighted by Gasteiger charge is -2.07. The summed E-state index contributed by atoms with van der Waals surface area (Å²) in [5.74, 6) is 1.48. The lowest BCUT2D eigenvalue weighted by atomic mass is 10.1. The van der Waals surface area contributed by atoms with Crippen LogP contribution < -0.4 is 10.3 Å². The summed E-state index contributed by atoms with van der Waals surface area (Å²) < 4.78 is 7.40. The van der Waals surface area contributed by atoms with Gasteiger partial charge in [0.25, 0.3) is 11.2 Å². The number of allylic oxidation sites excluding steroid dienone is 1. The van der Waals surface area contributed by atoms with Gasteiger partial charge in [-0.15, -0.1) is 0 Å². The molecule has 0 bridgehead atoms. The van der Waals surface area contributed by atoms with Crippen molar-refractivity contribution in [1.29, 1.82) is 0 Å². The highest BCUT2D eigenvalue weighted by Gasteiger charge is 2.22.